The molecule has 0 aromatic heterocycles. The van der Waals surface area contributed by atoms with Crippen LogP contribution in [0.25, 0.3) is 10.8 Å². The average Bonchev–Trinajstić information content (AvgIpc) is 2.97. The molecule has 0 saturated carbocycles. The van der Waals surface area contributed by atoms with Crippen molar-refractivity contribution in [3.05, 3.63) is 60.7 Å². The molecule has 3 aromatic rings. The van der Waals surface area contributed by atoms with E-state index in [1.54, 1.807) is 0 Å². The van der Waals surface area contributed by atoms with Crippen LogP contribution < -0.4 is 9.47 Å². The van der Waals surface area contributed by atoms with Gasteiger partial charge in [-0.1, -0.05) is 12.1 Å². The lowest BCUT2D eigenvalue weighted by Gasteiger charge is -2.32. The van der Waals surface area contributed by atoms with Gasteiger partial charge >= 0.3 is 48.4 Å². The standard InChI is InChI=1S/C26H16F16N2O2/c27-19(28)23(35,36)25(39,40)21(31,32)11-45-17-7-4-15(5-8-17)43-44-16-3-1-14-10-18(6-2-13(14)9-16)46-12-22(33,34)26(41,42)24(37,38)20(29)30/h1-10,19-20H,11-12H2/b44-43+. The summed E-state index contributed by atoms with van der Waals surface area (Å²) in [5.74, 6) is -38.0. The van der Waals surface area contributed by atoms with Crippen molar-refractivity contribution < 1.29 is 79.7 Å². The number of alkyl halides is 16. The zero-order valence-electron chi connectivity index (χ0n) is 22.1. The molecule has 0 spiro atoms. The molecule has 0 atom stereocenters. The fourth-order valence-corrected chi connectivity index (χ4v) is 3.38. The Morgan fingerprint density at radius 1 is 0.478 bits per heavy atom. The number of nitrogens with zero attached hydrogens (tertiary/aromatic N) is 2. The van der Waals surface area contributed by atoms with Crippen LogP contribution in [0.3, 0.4) is 0 Å². The second kappa shape index (κ2) is 12.7. The minimum atomic E-state index is -6.44. The van der Waals surface area contributed by atoms with E-state index in [1.807, 2.05) is 0 Å². The van der Waals surface area contributed by atoms with Gasteiger partial charge in [0, 0.05) is 0 Å². The van der Waals surface area contributed by atoms with Crippen molar-refractivity contribution >= 4 is 22.1 Å². The number of hydrogen-bond donors (Lipinski definition) is 0. The van der Waals surface area contributed by atoms with Gasteiger partial charge in [0.2, 0.25) is 0 Å². The van der Waals surface area contributed by atoms with E-state index in [2.05, 4.69) is 19.7 Å². The lowest BCUT2D eigenvalue weighted by Crippen LogP contribution is -2.59. The number of azo groups is 1. The largest absolute Gasteiger partial charge is 0.487 e. The molecule has 3 rings (SSSR count). The minimum absolute atomic E-state index is 0.00710. The van der Waals surface area contributed by atoms with E-state index in [1.165, 1.54) is 24.3 Å². The van der Waals surface area contributed by atoms with Gasteiger partial charge in [0.25, 0.3) is 0 Å². The van der Waals surface area contributed by atoms with Gasteiger partial charge in [-0.05, 0) is 59.3 Å². The van der Waals surface area contributed by atoms with Crippen molar-refractivity contribution in [1.82, 2.24) is 0 Å². The summed E-state index contributed by atoms with van der Waals surface area (Å²) in [5.41, 5.74) is 0.136. The van der Waals surface area contributed by atoms with E-state index in [4.69, 9.17) is 0 Å². The van der Waals surface area contributed by atoms with Crippen LogP contribution in [0, 0.1) is 0 Å². The zero-order chi connectivity index (χ0) is 34.9. The summed E-state index contributed by atoms with van der Waals surface area (Å²) in [6, 6.07) is 11.1. The molecule has 0 radical (unpaired) electrons. The van der Waals surface area contributed by atoms with Crippen LogP contribution in [0.15, 0.2) is 70.9 Å². The molecule has 3 aromatic carbocycles. The molecule has 0 bridgehead atoms. The van der Waals surface area contributed by atoms with Gasteiger partial charge in [-0.2, -0.15) is 62.9 Å². The maximum Gasteiger partial charge on any atom is 0.381 e. The van der Waals surface area contributed by atoms with E-state index >= 15 is 0 Å². The van der Waals surface area contributed by atoms with Crippen LogP contribution in [0.4, 0.5) is 81.6 Å². The average molecular weight is 692 g/mol. The molecule has 20 heteroatoms. The Hall–Kier alpha value is -4.00. The fourth-order valence-electron chi connectivity index (χ4n) is 3.38. The summed E-state index contributed by atoms with van der Waals surface area (Å²) in [5, 5.41) is 8.16. The first kappa shape index (κ1) is 36.5. The zero-order valence-corrected chi connectivity index (χ0v) is 22.1. The minimum Gasteiger partial charge on any atom is -0.487 e. The molecule has 4 nitrogen and oxygen atoms in total. The van der Waals surface area contributed by atoms with Gasteiger partial charge in [-0.15, -0.1) is 0 Å². The van der Waals surface area contributed by atoms with Gasteiger partial charge in [-0.25, -0.2) is 17.6 Å². The molecule has 0 heterocycles. The second-order valence-corrected chi connectivity index (χ2v) is 9.37. The maximum absolute atomic E-state index is 13.7. The Morgan fingerprint density at radius 3 is 1.33 bits per heavy atom. The van der Waals surface area contributed by atoms with Crippen molar-refractivity contribution in [3.63, 3.8) is 0 Å². The Morgan fingerprint density at radius 2 is 0.848 bits per heavy atom. The predicted molar refractivity (Wildman–Crippen MR) is 127 cm³/mol. The molecule has 46 heavy (non-hydrogen) atoms. The Balaban J connectivity index is 1.65. The topological polar surface area (TPSA) is 43.2 Å². The van der Waals surface area contributed by atoms with E-state index in [9.17, 15) is 70.2 Å². The normalized spacial score (nSPS) is 14.1. The molecular formula is C26H16F16N2O2. The van der Waals surface area contributed by atoms with Gasteiger partial charge in [0.15, 0.2) is 13.2 Å². The summed E-state index contributed by atoms with van der Waals surface area (Å²) >= 11 is 0. The molecule has 0 saturated heterocycles. The number of benzene rings is 3. The predicted octanol–water partition coefficient (Wildman–Crippen LogP) is 10.4. The number of rotatable bonds is 14. The number of fused-ring (bicyclic) bond motifs is 1. The van der Waals surface area contributed by atoms with Crippen molar-refractivity contribution in [2.24, 2.45) is 10.2 Å². The molecular weight excluding hydrogens is 676 g/mol. The molecule has 0 fully saturated rings. The van der Waals surface area contributed by atoms with Crippen LogP contribution in [0.5, 0.6) is 11.5 Å². The van der Waals surface area contributed by atoms with Crippen LogP contribution in [-0.4, -0.2) is 61.6 Å². The monoisotopic (exact) mass is 692 g/mol. The second-order valence-electron chi connectivity index (χ2n) is 9.37. The maximum atomic E-state index is 13.7. The molecule has 0 aliphatic rings. The molecule has 0 amide bonds. The summed E-state index contributed by atoms with van der Waals surface area (Å²) in [6.45, 7) is -4.75. The first-order valence-electron chi connectivity index (χ1n) is 12.1. The van der Waals surface area contributed by atoms with Gasteiger partial charge in [0.05, 0.1) is 11.4 Å². The Bertz CT molecular complexity index is 1530. The quantitative estimate of drug-likeness (QED) is 0.125. The third-order valence-corrected chi connectivity index (χ3v) is 6.06. The smallest absolute Gasteiger partial charge is 0.381 e. The highest BCUT2D eigenvalue weighted by Gasteiger charge is 2.76. The number of hydrogen-bond acceptors (Lipinski definition) is 4. The SMILES string of the molecule is FC(F)C(F)(F)C(F)(F)C(F)(F)COc1ccc(/N=N/c2ccc3cc(OCC(F)(F)C(F)(F)C(F)(F)C(F)F)ccc3c2)cc1. The number of halogens is 16. The van der Waals surface area contributed by atoms with Crippen molar-refractivity contribution in [2.45, 2.75) is 48.4 Å². The third-order valence-electron chi connectivity index (χ3n) is 6.06. The van der Waals surface area contributed by atoms with E-state index in [-0.39, 0.29) is 16.8 Å². The number of ether oxygens (including phenoxy) is 2. The van der Waals surface area contributed by atoms with Gasteiger partial charge < -0.3 is 9.47 Å². The summed E-state index contributed by atoms with van der Waals surface area (Å²) in [4.78, 5) is 0. The first-order valence-corrected chi connectivity index (χ1v) is 12.1. The Labute approximate surface area is 246 Å². The summed E-state index contributed by atoms with van der Waals surface area (Å²) < 4.78 is 218. The summed E-state index contributed by atoms with van der Waals surface area (Å²) in [6.07, 6.45) is -10.2. The summed E-state index contributed by atoms with van der Waals surface area (Å²) in [7, 11) is 0. The van der Waals surface area contributed by atoms with Crippen LogP contribution >= 0.6 is 0 Å². The molecule has 0 N–H and O–H groups in total. The highest BCUT2D eigenvalue weighted by Crippen LogP contribution is 2.50. The van der Waals surface area contributed by atoms with Crippen LogP contribution in [0.1, 0.15) is 0 Å². The lowest BCUT2D eigenvalue weighted by atomic mass is 10.1. The van der Waals surface area contributed by atoms with Crippen molar-refractivity contribution in [3.8, 4) is 11.5 Å². The van der Waals surface area contributed by atoms with Crippen molar-refractivity contribution in [2.75, 3.05) is 13.2 Å². The highest BCUT2D eigenvalue weighted by molar-refractivity contribution is 5.86. The molecule has 0 aliphatic heterocycles. The molecule has 0 unspecified atom stereocenters. The first-order chi connectivity index (χ1) is 21.0. The lowest BCUT2D eigenvalue weighted by molar-refractivity contribution is -0.342. The van der Waals surface area contributed by atoms with Crippen molar-refractivity contribution in [1.29, 1.82) is 0 Å². The van der Waals surface area contributed by atoms with Crippen LogP contribution in [-0.2, 0) is 0 Å². The third kappa shape index (κ3) is 7.03. The van der Waals surface area contributed by atoms with E-state index in [0.29, 0.717) is 5.39 Å². The van der Waals surface area contributed by atoms with Gasteiger partial charge in [0.1, 0.15) is 11.5 Å². The Kier molecular flexibility index (Phi) is 10.0. The van der Waals surface area contributed by atoms with Crippen LogP contribution in [0.2, 0.25) is 0 Å². The highest BCUT2D eigenvalue weighted by atomic mass is 19.4. The van der Waals surface area contributed by atoms with Gasteiger partial charge in [-0.3, -0.25) is 0 Å². The molecule has 0 aliphatic carbocycles. The van der Waals surface area contributed by atoms with E-state index < -0.39 is 73.1 Å². The fraction of sp³-hybridized carbons (Fsp3) is 0.385. The molecule has 254 valence electrons. The van der Waals surface area contributed by atoms with E-state index in [0.717, 1.165) is 36.4 Å².